The van der Waals surface area contributed by atoms with Crippen LogP contribution < -0.4 is 10.6 Å². The summed E-state index contributed by atoms with van der Waals surface area (Å²) in [5.41, 5.74) is 1.01. The van der Waals surface area contributed by atoms with Gasteiger partial charge < -0.3 is 15.4 Å². The van der Waals surface area contributed by atoms with Crippen LogP contribution in [0.2, 0.25) is 0 Å². The summed E-state index contributed by atoms with van der Waals surface area (Å²) in [4.78, 5) is 23.6. The Labute approximate surface area is 126 Å². The summed E-state index contributed by atoms with van der Waals surface area (Å²) in [5, 5.41) is 5.39. The summed E-state index contributed by atoms with van der Waals surface area (Å²) in [5.74, 6) is -0.467. The smallest absolute Gasteiger partial charge is 0.249 e. The molecule has 0 saturated heterocycles. The molecule has 2 N–H and O–H groups in total. The van der Waals surface area contributed by atoms with Gasteiger partial charge in [-0.25, -0.2) is 0 Å². The summed E-state index contributed by atoms with van der Waals surface area (Å²) in [6.07, 6.45) is 0.259. The van der Waals surface area contributed by atoms with Crippen LogP contribution >= 0.6 is 0 Å². The second-order valence-corrected chi connectivity index (χ2v) is 4.96. The van der Waals surface area contributed by atoms with E-state index in [0.29, 0.717) is 13.2 Å². The van der Waals surface area contributed by atoms with Crippen LogP contribution in [-0.4, -0.2) is 30.5 Å². The molecular formula is C16H24N2O3. The Kier molecular flexibility index (Phi) is 7.46. The second kappa shape index (κ2) is 9.13. The van der Waals surface area contributed by atoms with E-state index in [9.17, 15) is 9.59 Å². The molecule has 0 aliphatic heterocycles. The highest BCUT2D eigenvalue weighted by molar-refractivity contribution is 5.88. The van der Waals surface area contributed by atoms with Crippen LogP contribution in [0.5, 0.6) is 0 Å². The summed E-state index contributed by atoms with van der Waals surface area (Å²) in [7, 11) is 0. The summed E-state index contributed by atoms with van der Waals surface area (Å²) >= 11 is 0. The number of carbonyl (C=O) groups is 2. The molecule has 1 rings (SSSR count). The Hall–Kier alpha value is -1.88. The van der Waals surface area contributed by atoms with Gasteiger partial charge in [0, 0.05) is 6.54 Å². The third-order valence-corrected chi connectivity index (χ3v) is 3.01. The summed E-state index contributed by atoms with van der Waals surface area (Å²) in [6.45, 7) is 6.29. The number of rotatable bonds is 8. The topological polar surface area (TPSA) is 67.4 Å². The average Bonchev–Trinajstić information content (AvgIpc) is 2.50. The SMILES string of the molecule is CCCNC(=O)[C@H](C)NC(=O)[C@H](C)OCc1ccccc1. The van der Waals surface area contributed by atoms with Crippen molar-refractivity contribution >= 4 is 11.8 Å². The molecule has 0 aliphatic carbocycles. The molecule has 0 spiro atoms. The van der Waals surface area contributed by atoms with Crippen LogP contribution in [0.4, 0.5) is 0 Å². The van der Waals surface area contributed by atoms with Crippen LogP contribution in [0.25, 0.3) is 0 Å². The number of nitrogens with one attached hydrogen (secondary N) is 2. The molecular weight excluding hydrogens is 268 g/mol. The van der Waals surface area contributed by atoms with Crippen molar-refractivity contribution in [2.24, 2.45) is 0 Å². The lowest BCUT2D eigenvalue weighted by atomic mass is 10.2. The quantitative estimate of drug-likeness (QED) is 0.765. The van der Waals surface area contributed by atoms with Crippen LogP contribution in [-0.2, 0) is 20.9 Å². The third-order valence-electron chi connectivity index (χ3n) is 3.01. The fourth-order valence-electron chi connectivity index (χ4n) is 1.67. The Bertz CT molecular complexity index is 448. The number of carbonyl (C=O) groups excluding carboxylic acids is 2. The van der Waals surface area contributed by atoms with Crippen molar-refractivity contribution in [1.82, 2.24) is 10.6 Å². The van der Waals surface area contributed by atoms with Crippen LogP contribution in [0.3, 0.4) is 0 Å². The molecule has 1 aromatic rings. The molecule has 5 heteroatoms. The van der Waals surface area contributed by atoms with Gasteiger partial charge in [0.05, 0.1) is 6.61 Å². The van der Waals surface area contributed by atoms with E-state index in [4.69, 9.17) is 4.74 Å². The molecule has 0 radical (unpaired) electrons. The van der Waals surface area contributed by atoms with Crippen molar-refractivity contribution in [2.45, 2.75) is 45.9 Å². The maximum atomic E-state index is 11.9. The molecule has 5 nitrogen and oxygen atoms in total. The zero-order valence-electron chi connectivity index (χ0n) is 12.9. The minimum absolute atomic E-state index is 0.180. The van der Waals surface area contributed by atoms with E-state index in [-0.39, 0.29) is 11.8 Å². The van der Waals surface area contributed by atoms with Crippen molar-refractivity contribution in [3.8, 4) is 0 Å². The number of hydrogen-bond donors (Lipinski definition) is 2. The van der Waals surface area contributed by atoms with E-state index < -0.39 is 12.1 Å². The maximum absolute atomic E-state index is 11.9. The van der Waals surface area contributed by atoms with Crippen LogP contribution in [0, 0.1) is 0 Å². The summed E-state index contributed by atoms with van der Waals surface area (Å²) in [6, 6.07) is 9.08. The first-order chi connectivity index (χ1) is 10.0. The highest BCUT2D eigenvalue weighted by atomic mass is 16.5. The van der Waals surface area contributed by atoms with Gasteiger partial charge in [-0.2, -0.15) is 0 Å². The molecule has 1 aromatic carbocycles. The van der Waals surface area contributed by atoms with E-state index >= 15 is 0 Å². The monoisotopic (exact) mass is 292 g/mol. The molecule has 0 heterocycles. The lowest BCUT2D eigenvalue weighted by Gasteiger charge is -2.17. The molecule has 2 atom stereocenters. The van der Waals surface area contributed by atoms with E-state index in [0.717, 1.165) is 12.0 Å². The first kappa shape index (κ1) is 17.2. The van der Waals surface area contributed by atoms with Gasteiger partial charge in [0.15, 0.2) is 0 Å². The predicted molar refractivity (Wildman–Crippen MR) is 81.6 cm³/mol. The average molecular weight is 292 g/mol. The highest BCUT2D eigenvalue weighted by Crippen LogP contribution is 2.03. The Balaban J connectivity index is 2.35. The number of benzene rings is 1. The Morgan fingerprint density at radius 3 is 2.43 bits per heavy atom. The van der Waals surface area contributed by atoms with Gasteiger partial charge >= 0.3 is 0 Å². The lowest BCUT2D eigenvalue weighted by molar-refractivity contribution is -0.136. The van der Waals surface area contributed by atoms with Crippen molar-refractivity contribution in [2.75, 3.05) is 6.54 Å². The molecule has 2 amide bonds. The molecule has 0 fully saturated rings. The van der Waals surface area contributed by atoms with E-state index in [2.05, 4.69) is 10.6 Å². The van der Waals surface area contributed by atoms with Crippen LogP contribution in [0.15, 0.2) is 30.3 Å². The molecule has 0 unspecified atom stereocenters. The van der Waals surface area contributed by atoms with Gasteiger partial charge in [-0.05, 0) is 25.8 Å². The van der Waals surface area contributed by atoms with E-state index in [1.165, 1.54) is 0 Å². The first-order valence-corrected chi connectivity index (χ1v) is 7.28. The molecule has 0 aliphatic rings. The molecule has 0 bridgehead atoms. The zero-order valence-corrected chi connectivity index (χ0v) is 12.9. The number of hydrogen-bond acceptors (Lipinski definition) is 3. The van der Waals surface area contributed by atoms with E-state index in [1.807, 2.05) is 37.3 Å². The van der Waals surface area contributed by atoms with Gasteiger partial charge in [-0.3, -0.25) is 9.59 Å². The van der Waals surface area contributed by atoms with Gasteiger partial charge in [-0.15, -0.1) is 0 Å². The fraction of sp³-hybridized carbons (Fsp3) is 0.500. The van der Waals surface area contributed by atoms with Crippen molar-refractivity contribution in [3.05, 3.63) is 35.9 Å². The minimum Gasteiger partial charge on any atom is -0.364 e. The summed E-state index contributed by atoms with van der Waals surface area (Å²) < 4.78 is 5.51. The molecule has 0 aromatic heterocycles. The van der Waals surface area contributed by atoms with Gasteiger partial charge in [0.25, 0.3) is 0 Å². The Morgan fingerprint density at radius 2 is 1.81 bits per heavy atom. The van der Waals surface area contributed by atoms with Gasteiger partial charge in [-0.1, -0.05) is 37.3 Å². The predicted octanol–water partition coefficient (Wildman–Crippen LogP) is 1.62. The first-order valence-electron chi connectivity index (χ1n) is 7.28. The fourth-order valence-corrected chi connectivity index (χ4v) is 1.67. The van der Waals surface area contributed by atoms with Gasteiger partial charge in [0.2, 0.25) is 11.8 Å². The van der Waals surface area contributed by atoms with Gasteiger partial charge in [0.1, 0.15) is 12.1 Å². The number of ether oxygens (including phenoxy) is 1. The second-order valence-electron chi connectivity index (χ2n) is 4.96. The van der Waals surface area contributed by atoms with Crippen molar-refractivity contribution in [1.29, 1.82) is 0 Å². The highest BCUT2D eigenvalue weighted by Gasteiger charge is 2.19. The molecule has 116 valence electrons. The zero-order chi connectivity index (χ0) is 15.7. The number of amides is 2. The maximum Gasteiger partial charge on any atom is 0.249 e. The van der Waals surface area contributed by atoms with Crippen LogP contribution in [0.1, 0.15) is 32.8 Å². The lowest BCUT2D eigenvalue weighted by Crippen LogP contribution is -2.48. The minimum atomic E-state index is -0.605. The standard InChI is InChI=1S/C16H24N2O3/c1-4-10-17-15(19)12(2)18-16(20)13(3)21-11-14-8-6-5-7-9-14/h5-9,12-13H,4,10-11H2,1-3H3,(H,17,19)(H,18,20)/t12-,13-/m0/s1. The molecule has 0 saturated carbocycles. The Morgan fingerprint density at radius 1 is 1.14 bits per heavy atom. The normalized spacial score (nSPS) is 13.3. The van der Waals surface area contributed by atoms with Crippen molar-refractivity contribution in [3.63, 3.8) is 0 Å². The third kappa shape index (κ3) is 6.40. The van der Waals surface area contributed by atoms with E-state index in [1.54, 1.807) is 13.8 Å². The van der Waals surface area contributed by atoms with Crippen molar-refractivity contribution < 1.29 is 14.3 Å². The largest absolute Gasteiger partial charge is 0.364 e. The molecule has 21 heavy (non-hydrogen) atoms.